The van der Waals surface area contributed by atoms with Crippen LogP contribution in [-0.4, -0.2) is 40.8 Å². The molecule has 1 aromatic heterocycles. The van der Waals surface area contributed by atoms with Crippen molar-refractivity contribution in [3.05, 3.63) is 65.5 Å². The van der Waals surface area contributed by atoms with Crippen molar-refractivity contribution in [3.63, 3.8) is 0 Å². The zero-order chi connectivity index (χ0) is 15.5. The molecule has 0 fully saturated rings. The third kappa shape index (κ3) is 2.46. The molecule has 6 heteroatoms. The number of imide groups is 1. The fourth-order valence-corrected chi connectivity index (χ4v) is 2.24. The molecule has 3 rings (SSSR count). The minimum atomic E-state index is -0.537. The van der Waals surface area contributed by atoms with E-state index < -0.39 is 5.97 Å². The highest BCUT2D eigenvalue weighted by molar-refractivity contribution is 6.21. The molecule has 2 aromatic rings. The fraction of sp³-hybridized carbons (Fsp3) is 0.125. The van der Waals surface area contributed by atoms with E-state index in [9.17, 15) is 14.4 Å². The van der Waals surface area contributed by atoms with Gasteiger partial charge in [-0.1, -0.05) is 12.1 Å². The van der Waals surface area contributed by atoms with Crippen LogP contribution < -0.4 is 0 Å². The van der Waals surface area contributed by atoms with Gasteiger partial charge >= 0.3 is 5.97 Å². The first-order chi connectivity index (χ1) is 10.7. The number of amides is 2. The van der Waals surface area contributed by atoms with Crippen molar-refractivity contribution < 1.29 is 19.1 Å². The average Bonchev–Trinajstić information content (AvgIpc) is 2.81. The number of carbonyl (C=O) groups is 3. The van der Waals surface area contributed by atoms with Gasteiger partial charge in [-0.2, -0.15) is 0 Å². The summed E-state index contributed by atoms with van der Waals surface area (Å²) in [7, 11) is 0. The Morgan fingerprint density at radius 1 is 1.05 bits per heavy atom. The van der Waals surface area contributed by atoms with Crippen LogP contribution in [-0.2, 0) is 4.74 Å². The molecule has 0 N–H and O–H groups in total. The van der Waals surface area contributed by atoms with Gasteiger partial charge in [0.05, 0.1) is 23.2 Å². The molecular formula is C16H12N2O4. The highest BCUT2D eigenvalue weighted by atomic mass is 16.5. The van der Waals surface area contributed by atoms with Crippen molar-refractivity contribution in [2.75, 3.05) is 13.2 Å². The van der Waals surface area contributed by atoms with Gasteiger partial charge < -0.3 is 4.74 Å². The third-order valence-electron chi connectivity index (χ3n) is 3.32. The lowest BCUT2D eigenvalue weighted by Gasteiger charge is -2.13. The number of nitrogens with zero attached hydrogens (tertiary/aromatic N) is 2. The molecule has 0 radical (unpaired) electrons. The van der Waals surface area contributed by atoms with Gasteiger partial charge in [-0.15, -0.1) is 0 Å². The van der Waals surface area contributed by atoms with E-state index in [1.807, 2.05) is 0 Å². The van der Waals surface area contributed by atoms with E-state index in [1.54, 1.807) is 42.6 Å². The quantitative estimate of drug-likeness (QED) is 0.631. The largest absolute Gasteiger partial charge is 0.460 e. The summed E-state index contributed by atoms with van der Waals surface area (Å²) in [6.45, 7) is -0.0302. The van der Waals surface area contributed by atoms with E-state index in [4.69, 9.17) is 4.74 Å². The minimum Gasteiger partial charge on any atom is -0.460 e. The van der Waals surface area contributed by atoms with Crippen LogP contribution in [0.25, 0.3) is 0 Å². The lowest BCUT2D eigenvalue weighted by molar-refractivity contribution is 0.0420. The molecule has 0 unspecified atom stereocenters. The maximum Gasteiger partial charge on any atom is 0.339 e. The first-order valence-electron chi connectivity index (χ1n) is 6.71. The van der Waals surface area contributed by atoms with E-state index in [0.29, 0.717) is 16.7 Å². The van der Waals surface area contributed by atoms with Crippen LogP contribution in [0.2, 0.25) is 0 Å². The monoisotopic (exact) mass is 296 g/mol. The van der Waals surface area contributed by atoms with E-state index in [-0.39, 0.29) is 25.0 Å². The summed E-state index contributed by atoms with van der Waals surface area (Å²) >= 11 is 0. The van der Waals surface area contributed by atoms with Crippen LogP contribution >= 0.6 is 0 Å². The predicted octanol–water partition coefficient (Wildman–Crippen LogP) is 1.53. The molecule has 110 valence electrons. The van der Waals surface area contributed by atoms with Gasteiger partial charge in [-0.3, -0.25) is 19.5 Å². The highest BCUT2D eigenvalue weighted by Gasteiger charge is 2.34. The summed E-state index contributed by atoms with van der Waals surface area (Å²) < 4.78 is 5.06. The van der Waals surface area contributed by atoms with Crippen molar-refractivity contribution in [1.82, 2.24) is 9.88 Å². The van der Waals surface area contributed by atoms with Crippen LogP contribution in [0.15, 0.2) is 48.8 Å². The average molecular weight is 296 g/mol. The Labute approximate surface area is 126 Å². The first kappa shape index (κ1) is 13.9. The van der Waals surface area contributed by atoms with Gasteiger partial charge in [0.2, 0.25) is 0 Å². The molecule has 0 spiro atoms. The van der Waals surface area contributed by atoms with Gasteiger partial charge in [-0.25, -0.2) is 4.79 Å². The molecule has 1 aliphatic heterocycles. The Morgan fingerprint density at radius 2 is 1.73 bits per heavy atom. The number of hydrogen-bond donors (Lipinski definition) is 0. The summed E-state index contributed by atoms with van der Waals surface area (Å²) in [5.74, 6) is -1.26. The molecular weight excluding hydrogens is 284 g/mol. The molecule has 0 aliphatic carbocycles. The number of hydrogen-bond acceptors (Lipinski definition) is 5. The third-order valence-corrected chi connectivity index (χ3v) is 3.32. The summed E-state index contributed by atoms with van der Waals surface area (Å²) in [4.78, 5) is 40.9. The molecule has 6 nitrogen and oxygen atoms in total. The topological polar surface area (TPSA) is 76.6 Å². The Kier molecular flexibility index (Phi) is 3.65. The van der Waals surface area contributed by atoms with Crippen molar-refractivity contribution in [2.45, 2.75) is 0 Å². The second kappa shape index (κ2) is 5.77. The molecule has 0 saturated heterocycles. The Balaban J connectivity index is 1.61. The fourth-order valence-electron chi connectivity index (χ4n) is 2.24. The molecule has 1 aromatic carbocycles. The number of carbonyl (C=O) groups excluding carboxylic acids is 3. The normalized spacial score (nSPS) is 13.2. The summed E-state index contributed by atoms with van der Waals surface area (Å²) in [6, 6.07) is 9.83. The number of ether oxygens (including phenoxy) is 1. The molecule has 0 atom stereocenters. The Hall–Kier alpha value is -3.02. The predicted molar refractivity (Wildman–Crippen MR) is 76.3 cm³/mol. The SMILES string of the molecule is O=C(OCCN1C(=O)c2ccccc2C1=O)c1cccnc1. The van der Waals surface area contributed by atoms with Gasteiger partial charge in [0, 0.05) is 12.4 Å². The second-order valence-corrected chi connectivity index (χ2v) is 4.69. The van der Waals surface area contributed by atoms with Crippen molar-refractivity contribution in [3.8, 4) is 0 Å². The van der Waals surface area contributed by atoms with E-state index in [1.165, 1.54) is 6.20 Å². The van der Waals surface area contributed by atoms with Crippen molar-refractivity contribution in [1.29, 1.82) is 0 Å². The van der Waals surface area contributed by atoms with E-state index >= 15 is 0 Å². The van der Waals surface area contributed by atoms with Crippen LogP contribution in [0, 0.1) is 0 Å². The van der Waals surface area contributed by atoms with Gasteiger partial charge in [0.15, 0.2) is 0 Å². The van der Waals surface area contributed by atoms with Crippen LogP contribution in [0.4, 0.5) is 0 Å². The molecule has 0 saturated carbocycles. The number of fused-ring (bicyclic) bond motifs is 1. The van der Waals surface area contributed by atoms with Gasteiger partial charge in [-0.05, 0) is 24.3 Å². The Bertz CT molecular complexity index is 708. The van der Waals surface area contributed by atoms with Gasteiger partial charge in [0.1, 0.15) is 6.61 Å². The lowest BCUT2D eigenvalue weighted by atomic mass is 10.1. The maximum atomic E-state index is 12.1. The highest BCUT2D eigenvalue weighted by Crippen LogP contribution is 2.21. The van der Waals surface area contributed by atoms with Crippen molar-refractivity contribution >= 4 is 17.8 Å². The molecule has 22 heavy (non-hydrogen) atoms. The number of esters is 1. The van der Waals surface area contributed by atoms with Crippen LogP contribution in [0.1, 0.15) is 31.1 Å². The minimum absolute atomic E-state index is 0.0261. The molecule has 0 bridgehead atoms. The zero-order valence-corrected chi connectivity index (χ0v) is 11.6. The van der Waals surface area contributed by atoms with E-state index in [0.717, 1.165) is 4.90 Å². The number of aromatic nitrogens is 1. The van der Waals surface area contributed by atoms with Crippen LogP contribution in [0.3, 0.4) is 0 Å². The summed E-state index contributed by atoms with van der Waals surface area (Å²) in [5.41, 5.74) is 1.09. The molecule has 1 aliphatic rings. The van der Waals surface area contributed by atoms with E-state index in [2.05, 4.69) is 4.98 Å². The number of benzene rings is 1. The maximum absolute atomic E-state index is 12.1. The number of pyridine rings is 1. The standard InChI is InChI=1S/C16H12N2O4/c19-14-12-5-1-2-6-13(12)15(20)18(14)8-9-22-16(21)11-4-3-7-17-10-11/h1-7,10H,8-9H2. The molecule has 2 heterocycles. The van der Waals surface area contributed by atoms with Gasteiger partial charge in [0.25, 0.3) is 11.8 Å². The summed E-state index contributed by atoms with van der Waals surface area (Å²) in [5, 5.41) is 0. The molecule has 2 amide bonds. The lowest BCUT2D eigenvalue weighted by Crippen LogP contribution is -2.33. The zero-order valence-electron chi connectivity index (χ0n) is 11.6. The van der Waals surface area contributed by atoms with Crippen molar-refractivity contribution in [2.24, 2.45) is 0 Å². The van der Waals surface area contributed by atoms with Crippen LogP contribution in [0.5, 0.6) is 0 Å². The second-order valence-electron chi connectivity index (χ2n) is 4.69. The number of rotatable bonds is 4. The smallest absolute Gasteiger partial charge is 0.339 e. The summed E-state index contributed by atoms with van der Waals surface area (Å²) in [6.07, 6.45) is 2.94. The Morgan fingerprint density at radius 3 is 2.32 bits per heavy atom. The first-order valence-corrected chi connectivity index (χ1v) is 6.71.